The van der Waals surface area contributed by atoms with Crippen molar-refractivity contribution in [2.75, 3.05) is 12.4 Å². The molecule has 5 heteroatoms. The molecule has 0 aliphatic carbocycles. The summed E-state index contributed by atoms with van der Waals surface area (Å²) in [6.45, 7) is 6.56. The van der Waals surface area contributed by atoms with E-state index in [1.165, 1.54) is 12.1 Å². The van der Waals surface area contributed by atoms with Crippen LogP contribution in [0.2, 0.25) is 0 Å². The molecular weight excluding hydrogens is 322 g/mol. The van der Waals surface area contributed by atoms with Crippen LogP contribution in [0.25, 0.3) is 0 Å². The summed E-state index contributed by atoms with van der Waals surface area (Å²) in [7, 11) is 0. The maximum Gasteiger partial charge on any atom is 0.190 e. The van der Waals surface area contributed by atoms with Crippen LogP contribution >= 0.6 is 27.7 Å². The van der Waals surface area contributed by atoms with Gasteiger partial charge in [0.1, 0.15) is 0 Å². The SMILES string of the molecule is CC(C)(C)SCCOc1c(F)cc(CBr)cc1F. The number of halogens is 3. The quantitative estimate of drug-likeness (QED) is 0.564. The van der Waals surface area contributed by atoms with Crippen LogP contribution in [0, 0.1) is 11.6 Å². The van der Waals surface area contributed by atoms with Crippen LogP contribution < -0.4 is 4.74 Å². The van der Waals surface area contributed by atoms with E-state index in [1.54, 1.807) is 11.8 Å². The molecule has 102 valence electrons. The lowest BCUT2D eigenvalue weighted by molar-refractivity contribution is 0.305. The van der Waals surface area contributed by atoms with E-state index < -0.39 is 11.6 Å². The number of benzene rings is 1. The number of hydrogen-bond acceptors (Lipinski definition) is 2. The second-order valence-corrected chi connectivity index (χ2v) is 7.31. The van der Waals surface area contributed by atoms with E-state index in [0.29, 0.717) is 23.3 Å². The van der Waals surface area contributed by atoms with Crippen LogP contribution in [0.4, 0.5) is 8.78 Å². The summed E-state index contributed by atoms with van der Waals surface area (Å²) < 4.78 is 32.4. The van der Waals surface area contributed by atoms with Crippen molar-refractivity contribution in [1.29, 1.82) is 0 Å². The van der Waals surface area contributed by atoms with E-state index in [2.05, 4.69) is 36.7 Å². The van der Waals surface area contributed by atoms with Gasteiger partial charge in [0.05, 0.1) is 6.61 Å². The molecule has 18 heavy (non-hydrogen) atoms. The highest BCUT2D eigenvalue weighted by Crippen LogP contribution is 2.26. The number of rotatable bonds is 5. The maximum absolute atomic E-state index is 13.6. The monoisotopic (exact) mass is 338 g/mol. The third-order valence-corrected chi connectivity index (χ3v) is 3.96. The van der Waals surface area contributed by atoms with Crippen molar-refractivity contribution in [3.05, 3.63) is 29.3 Å². The lowest BCUT2D eigenvalue weighted by Gasteiger charge is -2.17. The van der Waals surface area contributed by atoms with Gasteiger partial charge in [0, 0.05) is 15.8 Å². The smallest absolute Gasteiger partial charge is 0.190 e. The second kappa shape index (κ2) is 6.75. The molecule has 0 radical (unpaired) electrons. The lowest BCUT2D eigenvalue weighted by Crippen LogP contribution is -2.12. The largest absolute Gasteiger partial charge is 0.487 e. The molecule has 0 atom stereocenters. The maximum atomic E-state index is 13.6. The first-order valence-electron chi connectivity index (χ1n) is 5.64. The Bertz CT molecular complexity index is 381. The molecule has 0 saturated carbocycles. The van der Waals surface area contributed by atoms with Crippen LogP contribution in [0.3, 0.4) is 0 Å². The number of thioether (sulfide) groups is 1. The van der Waals surface area contributed by atoms with Gasteiger partial charge in [-0.25, -0.2) is 8.78 Å². The van der Waals surface area contributed by atoms with E-state index in [1.807, 2.05) is 0 Å². The summed E-state index contributed by atoms with van der Waals surface area (Å²) in [5.74, 6) is -0.882. The Morgan fingerprint density at radius 2 is 1.78 bits per heavy atom. The van der Waals surface area contributed by atoms with Crippen molar-refractivity contribution >= 4 is 27.7 Å². The molecule has 1 nitrogen and oxygen atoms in total. The Hall–Kier alpha value is -0.290. The van der Waals surface area contributed by atoms with Crippen LogP contribution in [0.5, 0.6) is 5.75 Å². The summed E-state index contributed by atoms with van der Waals surface area (Å²) in [4.78, 5) is 0. The van der Waals surface area contributed by atoms with Gasteiger partial charge >= 0.3 is 0 Å². The normalized spacial score (nSPS) is 11.7. The topological polar surface area (TPSA) is 9.23 Å². The van der Waals surface area contributed by atoms with Gasteiger partial charge < -0.3 is 4.74 Å². The molecule has 0 amide bonds. The molecule has 0 spiro atoms. The Labute approximate surface area is 119 Å². The van der Waals surface area contributed by atoms with Crippen molar-refractivity contribution in [3.63, 3.8) is 0 Å². The average Bonchev–Trinajstić information content (AvgIpc) is 2.25. The lowest BCUT2D eigenvalue weighted by atomic mass is 10.2. The van der Waals surface area contributed by atoms with Crippen LogP contribution in [0.15, 0.2) is 12.1 Å². The van der Waals surface area contributed by atoms with Crippen LogP contribution in [0.1, 0.15) is 26.3 Å². The van der Waals surface area contributed by atoms with Crippen LogP contribution in [-0.2, 0) is 5.33 Å². The van der Waals surface area contributed by atoms with E-state index in [0.717, 1.165) is 0 Å². The number of ether oxygens (including phenoxy) is 1. The fraction of sp³-hybridized carbons (Fsp3) is 0.538. The fourth-order valence-electron chi connectivity index (χ4n) is 1.32. The van der Waals surface area contributed by atoms with Crippen molar-refractivity contribution in [1.82, 2.24) is 0 Å². The molecule has 0 heterocycles. The van der Waals surface area contributed by atoms with Crippen molar-refractivity contribution < 1.29 is 13.5 Å². The molecule has 0 fully saturated rings. The van der Waals surface area contributed by atoms with Gasteiger partial charge in [-0.1, -0.05) is 36.7 Å². The molecular formula is C13H17BrF2OS. The molecule has 1 aromatic rings. The third kappa shape index (κ3) is 5.14. The molecule has 0 N–H and O–H groups in total. The Morgan fingerprint density at radius 3 is 2.22 bits per heavy atom. The Morgan fingerprint density at radius 1 is 1.22 bits per heavy atom. The minimum Gasteiger partial charge on any atom is -0.487 e. The van der Waals surface area contributed by atoms with Gasteiger partial charge in [0.25, 0.3) is 0 Å². The molecule has 0 unspecified atom stereocenters. The molecule has 0 aliphatic heterocycles. The predicted octanol–water partition coefficient (Wildman–Crippen LogP) is 4.77. The zero-order chi connectivity index (χ0) is 13.8. The summed E-state index contributed by atoms with van der Waals surface area (Å²) in [5.41, 5.74) is 0.557. The molecule has 0 aliphatic rings. The minimum absolute atomic E-state index is 0.125. The van der Waals surface area contributed by atoms with Gasteiger partial charge in [0.2, 0.25) is 0 Å². The van der Waals surface area contributed by atoms with Crippen molar-refractivity contribution in [2.24, 2.45) is 0 Å². The highest BCUT2D eigenvalue weighted by atomic mass is 79.9. The van der Waals surface area contributed by atoms with E-state index in [4.69, 9.17) is 4.74 Å². The third-order valence-electron chi connectivity index (χ3n) is 2.08. The summed E-state index contributed by atoms with van der Waals surface area (Å²) >= 11 is 4.85. The van der Waals surface area contributed by atoms with E-state index >= 15 is 0 Å². The van der Waals surface area contributed by atoms with Crippen molar-refractivity contribution in [3.8, 4) is 5.75 Å². The van der Waals surface area contributed by atoms with Crippen molar-refractivity contribution in [2.45, 2.75) is 30.8 Å². The molecule has 0 aromatic heterocycles. The summed E-state index contributed by atoms with van der Waals surface area (Å²) in [5, 5.41) is 0.418. The summed E-state index contributed by atoms with van der Waals surface area (Å²) in [6.07, 6.45) is 0. The first kappa shape index (κ1) is 15.8. The van der Waals surface area contributed by atoms with Gasteiger partial charge in [0.15, 0.2) is 17.4 Å². The predicted molar refractivity (Wildman–Crippen MR) is 76.7 cm³/mol. The zero-order valence-electron chi connectivity index (χ0n) is 10.7. The Kier molecular flexibility index (Phi) is 5.92. The Balaban J connectivity index is 2.57. The van der Waals surface area contributed by atoms with E-state index in [-0.39, 0.29) is 10.5 Å². The average molecular weight is 339 g/mol. The van der Waals surface area contributed by atoms with Gasteiger partial charge in [-0.2, -0.15) is 11.8 Å². The highest BCUT2D eigenvalue weighted by molar-refractivity contribution is 9.08. The van der Waals surface area contributed by atoms with Gasteiger partial charge in [-0.05, 0) is 17.7 Å². The standard InChI is InChI=1S/C13H17BrF2OS/c1-13(2,3)18-5-4-17-12-10(15)6-9(8-14)7-11(12)16/h6-7H,4-5,8H2,1-3H3. The minimum atomic E-state index is -0.648. The first-order valence-corrected chi connectivity index (χ1v) is 7.75. The summed E-state index contributed by atoms with van der Waals surface area (Å²) in [6, 6.07) is 2.56. The van der Waals surface area contributed by atoms with E-state index in [9.17, 15) is 8.78 Å². The fourth-order valence-corrected chi connectivity index (χ4v) is 2.42. The second-order valence-electron chi connectivity index (χ2n) is 4.83. The molecule has 1 rings (SSSR count). The highest BCUT2D eigenvalue weighted by Gasteiger charge is 2.14. The molecule has 0 saturated heterocycles. The number of alkyl halides is 1. The van der Waals surface area contributed by atoms with Crippen LogP contribution in [-0.4, -0.2) is 17.1 Å². The van der Waals surface area contributed by atoms with Gasteiger partial charge in [-0.15, -0.1) is 0 Å². The molecule has 1 aromatic carbocycles. The number of hydrogen-bond donors (Lipinski definition) is 0. The zero-order valence-corrected chi connectivity index (χ0v) is 13.1. The first-order chi connectivity index (χ1) is 8.33. The molecule has 0 bridgehead atoms. The van der Waals surface area contributed by atoms with Gasteiger partial charge in [-0.3, -0.25) is 0 Å².